The maximum Gasteiger partial charge on any atom is 0.0629 e. The summed E-state index contributed by atoms with van der Waals surface area (Å²) >= 11 is 5.97. The standard InChI is InChI=1S/C23H37ClN2O/c1-23(2)16-21(11-15-27-23)18-25(3)17-20-9-13-26(14-10-20)12-8-19-4-6-22(24)7-5-19/h4-7,20-21H,8-18H2,1-3H3. The molecule has 0 aliphatic carbocycles. The molecule has 0 aromatic heterocycles. The van der Waals surface area contributed by atoms with Crippen LogP contribution in [0, 0.1) is 11.8 Å². The molecule has 3 nitrogen and oxygen atoms in total. The highest BCUT2D eigenvalue weighted by molar-refractivity contribution is 6.30. The molecule has 0 spiro atoms. The van der Waals surface area contributed by atoms with Gasteiger partial charge in [0.15, 0.2) is 0 Å². The zero-order valence-corrected chi connectivity index (χ0v) is 18.2. The topological polar surface area (TPSA) is 15.7 Å². The van der Waals surface area contributed by atoms with Gasteiger partial charge < -0.3 is 14.5 Å². The van der Waals surface area contributed by atoms with Crippen molar-refractivity contribution < 1.29 is 4.74 Å². The molecule has 27 heavy (non-hydrogen) atoms. The number of hydrogen-bond donors (Lipinski definition) is 0. The van der Waals surface area contributed by atoms with E-state index in [0.29, 0.717) is 0 Å². The number of hydrogen-bond acceptors (Lipinski definition) is 3. The van der Waals surface area contributed by atoms with E-state index in [4.69, 9.17) is 16.3 Å². The Kier molecular flexibility index (Phi) is 7.61. The van der Waals surface area contributed by atoms with E-state index >= 15 is 0 Å². The number of ether oxygens (including phenoxy) is 1. The molecule has 3 rings (SSSR count). The van der Waals surface area contributed by atoms with Crippen molar-refractivity contribution in [1.29, 1.82) is 0 Å². The van der Waals surface area contributed by atoms with Gasteiger partial charge in [-0.3, -0.25) is 0 Å². The second-order valence-corrected chi connectivity index (χ2v) is 9.79. The molecule has 1 atom stereocenters. The monoisotopic (exact) mass is 392 g/mol. The van der Waals surface area contributed by atoms with Crippen LogP contribution in [0.1, 0.15) is 45.1 Å². The third-order valence-electron chi connectivity index (χ3n) is 6.28. The Morgan fingerprint density at radius 2 is 1.74 bits per heavy atom. The van der Waals surface area contributed by atoms with Crippen molar-refractivity contribution in [3.05, 3.63) is 34.9 Å². The molecular formula is C23H37ClN2O. The molecule has 0 radical (unpaired) electrons. The van der Waals surface area contributed by atoms with Gasteiger partial charge >= 0.3 is 0 Å². The van der Waals surface area contributed by atoms with Crippen molar-refractivity contribution in [2.75, 3.05) is 46.4 Å². The fourth-order valence-electron chi connectivity index (χ4n) is 4.80. The molecule has 1 aromatic rings. The molecule has 4 heteroatoms. The molecule has 2 heterocycles. The Hall–Kier alpha value is -0.610. The van der Waals surface area contributed by atoms with Crippen LogP contribution in [0.15, 0.2) is 24.3 Å². The molecule has 0 saturated carbocycles. The Morgan fingerprint density at radius 1 is 1.07 bits per heavy atom. The van der Waals surface area contributed by atoms with Crippen LogP contribution in [0.3, 0.4) is 0 Å². The van der Waals surface area contributed by atoms with Crippen LogP contribution in [0.2, 0.25) is 5.02 Å². The highest BCUT2D eigenvalue weighted by atomic mass is 35.5. The molecular weight excluding hydrogens is 356 g/mol. The van der Waals surface area contributed by atoms with Gasteiger partial charge in [-0.2, -0.15) is 0 Å². The van der Waals surface area contributed by atoms with E-state index in [1.54, 1.807) is 0 Å². The minimum atomic E-state index is 0.0686. The summed E-state index contributed by atoms with van der Waals surface area (Å²) in [6, 6.07) is 8.31. The van der Waals surface area contributed by atoms with Gasteiger partial charge in [0.25, 0.3) is 0 Å². The van der Waals surface area contributed by atoms with Gasteiger partial charge in [0.1, 0.15) is 0 Å². The molecule has 0 amide bonds. The van der Waals surface area contributed by atoms with E-state index in [2.05, 4.69) is 42.8 Å². The third kappa shape index (κ3) is 7.05. The van der Waals surface area contributed by atoms with Gasteiger partial charge in [0.05, 0.1) is 5.60 Å². The Labute approximate surface area is 171 Å². The van der Waals surface area contributed by atoms with Gasteiger partial charge in [-0.05, 0) is 95.6 Å². The average Bonchev–Trinajstić information content (AvgIpc) is 2.61. The van der Waals surface area contributed by atoms with Gasteiger partial charge in [-0.1, -0.05) is 23.7 Å². The smallest absolute Gasteiger partial charge is 0.0629 e. The zero-order valence-electron chi connectivity index (χ0n) is 17.4. The van der Waals surface area contributed by atoms with Crippen LogP contribution in [0.25, 0.3) is 0 Å². The van der Waals surface area contributed by atoms with Crippen LogP contribution in [-0.4, -0.2) is 61.8 Å². The molecule has 0 N–H and O–H groups in total. The fourth-order valence-corrected chi connectivity index (χ4v) is 4.93. The molecule has 2 fully saturated rings. The average molecular weight is 393 g/mol. The first-order valence-electron chi connectivity index (χ1n) is 10.7. The number of likely N-dealkylation sites (tertiary alicyclic amines) is 1. The quantitative estimate of drug-likeness (QED) is 0.667. The fraction of sp³-hybridized carbons (Fsp3) is 0.739. The SMILES string of the molecule is CN(CC1CCN(CCc2ccc(Cl)cc2)CC1)CC1CCOC(C)(C)C1. The molecule has 0 bridgehead atoms. The second kappa shape index (κ2) is 9.73. The normalized spacial score (nSPS) is 24.4. The summed E-state index contributed by atoms with van der Waals surface area (Å²) in [4.78, 5) is 5.21. The van der Waals surface area contributed by atoms with Gasteiger partial charge in [-0.15, -0.1) is 0 Å². The number of halogens is 1. The Morgan fingerprint density at radius 3 is 2.41 bits per heavy atom. The van der Waals surface area contributed by atoms with Gasteiger partial charge in [0, 0.05) is 31.3 Å². The van der Waals surface area contributed by atoms with Crippen LogP contribution in [0.5, 0.6) is 0 Å². The summed E-state index contributed by atoms with van der Waals surface area (Å²) in [5.74, 6) is 1.65. The highest BCUT2D eigenvalue weighted by Crippen LogP contribution is 2.29. The van der Waals surface area contributed by atoms with Crippen LogP contribution in [-0.2, 0) is 11.2 Å². The Bertz CT molecular complexity index is 566. The Balaban J connectivity index is 1.33. The molecule has 1 unspecified atom stereocenters. The molecule has 1 aromatic carbocycles. The van der Waals surface area contributed by atoms with Gasteiger partial charge in [-0.25, -0.2) is 0 Å². The van der Waals surface area contributed by atoms with Crippen molar-refractivity contribution in [3.63, 3.8) is 0 Å². The lowest BCUT2D eigenvalue weighted by Gasteiger charge is -2.38. The highest BCUT2D eigenvalue weighted by Gasteiger charge is 2.30. The number of nitrogens with zero attached hydrogens (tertiary/aromatic N) is 2. The third-order valence-corrected chi connectivity index (χ3v) is 6.53. The van der Waals surface area contributed by atoms with Crippen LogP contribution in [0.4, 0.5) is 0 Å². The summed E-state index contributed by atoms with van der Waals surface area (Å²) in [6.07, 6.45) is 6.22. The zero-order chi connectivity index (χ0) is 19.3. The summed E-state index contributed by atoms with van der Waals surface area (Å²) in [5, 5.41) is 0.827. The molecule has 2 aliphatic heterocycles. The largest absolute Gasteiger partial charge is 0.376 e. The summed E-state index contributed by atoms with van der Waals surface area (Å²) < 4.78 is 5.87. The maximum atomic E-state index is 5.97. The minimum Gasteiger partial charge on any atom is -0.376 e. The van der Waals surface area contributed by atoms with Crippen molar-refractivity contribution in [3.8, 4) is 0 Å². The maximum absolute atomic E-state index is 5.97. The first-order valence-corrected chi connectivity index (χ1v) is 11.1. The lowest BCUT2D eigenvalue weighted by Crippen LogP contribution is -2.42. The van der Waals surface area contributed by atoms with Crippen molar-refractivity contribution in [1.82, 2.24) is 9.80 Å². The van der Waals surface area contributed by atoms with E-state index in [0.717, 1.165) is 29.9 Å². The van der Waals surface area contributed by atoms with Crippen molar-refractivity contribution in [2.45, 2.75) is 51.6 Å². The summed E-state index contributed by atoms with van der Waals surface area (Å²) in [6.45, 7) is 11.5. The second-order valence-electron chi connectivity index (χ2n) is 9.35. The molecule has 2 saturated heterocycles. The molecule has 152 valence electrons. The van der Waals surface area contributed by atoms with Crippen molar-refractivity contribution >= 4 is 11.6 Å². The van der Waals surface area contributed by atoms with E-state index in [1.807, 2.05) is 12.1 Å². The number of rotatable bonds is 7. The van der Waals surface area contributed by atoms with E-state index < -0.39 is 0 Å². The summed E-state index contributed by atoms with van der Waals surface area (Å²) in [5.41, 5.74) is 1.46. The van der Waals surface area contributed by atoms with Crippen LogP contribution >= 0.6 is 11.6 Å². The lowest BCUT2D eigenvalue weighted by molar-refractivity contribution is -0.0764. The minimum absolute atomic E-state index is 0.0686. The predicted molar refractivity (Wildman–Crippen MR) is 115 cm³/mol. The summed E-state index contributed by atoms with van der Waals surface area (Å²) in [7, 11) is 2.31. The number of benzene rings is 1. The van der Waals surface area contributed by atoms with Gasteiger partial charge in [0.2, 0.25) is 0 Å². The van der Waals surface area contributed by atoms with Crippen LogP contribution < -0.4 is 0 Å². The van der Waals surface area contributed by atoms with E-state index in [-0.39, 0.29) is 5.60 Å². The first-order chi connectivity index (χ1) is 12.9. The molecule has 2 aliphatic rings. The number of piperidine rings is 1. The van der Waals surface area contributed by atoms with E-state index in [9.17, 15) is 0 Å². The first kappa shape index (κ1) is 21.1. The lowest BCUT2D eigenvalue weighted by atomic mass is 9.87. The van der Waals surface area contributed by atoms with E-state index in [1.165, 1.54) is 64.0 Å². The predicted octanol–water partition coefficient (Wildman–Crippen LogP) is 4.73. The van der Waals surface area contributed by atoms with Crippen molar-refractivity contribution in [2.24, 2.45) is 11.8 Å².